The third kappa shape index (κ3) is 2.36. The first-order chi connectivity index (χ1) is 9.24. The van der Waals surface area contributed by atoms with Crippen LogP contribution in [0.4, 0.5) is 4.39 Å². The zero-order chi connectivity index (χ0) is 13.2. The third-order valence-corrected chi connectivity index (χ3v) is 3.35. The average molecular weight is 260 g/mol. The van der Waals surface area contributed by atoms with Crippen molar-refractivity contribution in [3.05, 3.63) is 53.5 Å². The zero-order valence-electron chi connectivity index (χ0n) is 10.2. The zero-order valence-corrected chi connectivity index (χ0v) is 10.2. The highest BCUT2D eigenvalue weighted by molar-refractivity contribution is 5.94. The van der Waals surface area contributed by atoms with Gasteiger partial charge in [0.25, 0.3) is 5.91 Å². The van der Waals surface area contributed by atoms with Gasteiger partial charge in [0, 0.05) is 29.8 Å². The predicted molar refractivity (Wildman–Crippen MR) is 66.0 cm³/mol. The van der Waals surface area contributed by atoms with Gasteiger partial charge in [0.1, 0.15) is 5.76 Å². The highest BCUT2D eigenvalue weighted by Crippen LogP contribution is 2.30. The number of fused-ring (bicyclic) bond motifs is 1. The maximum absolute atomic E-state index is 13.0. The molecule has 0 radical (unpaired) electrons. The first-order valence-corrected chi connectivity index (χ1v) is 6.23. The SMILES string of the molecule is O=C(N[C@H]1CCCc2occc21)c1ccnc(F)c1. The lowest BCUT2D eigenvalue weighted by Crippen LogP contribution is -2.30. The summed E-state index contributed by atoms with van der Waals surface area (Å²) in [6.45, 7) is 0. The van der Waals surface area contributed by atoms with Gasteiger partial charge in [0.05, 0.1) is 12.3 Å². The Labute approximate surface area is 109 Å². The summed E-state index contributed by atoms with van der Waals surface area (Å²) in [5, 5.41) is 2.91. The molecule has 19 heavy (non-hydrogen) atoms. The number of rotatable bonds is 2. The van der Waals surface area contributed by atoms with Crippen LogP contribution in [0.1, 0.15) is 40.6 Å². The van der Waals surface area contributed by atoms with Crippen LogP contribution in [0.15, 0.2) is 35.1 Å². The van der Waals surface area contributed by atoms with Gasteiger partial charge in [-0.15, -0.1) is 0 Å². The van der Waals surface area contributed by atoms with Gasteiger partial charge in [-0.05, 0) is 25.0 Å². The molecule has 0 fully saturated rings. The van der Waals surface area contributed by atoms with Gasteiger partial charge in [-0.1, -0.05) is 0 Å². The molecule has 98 valence electrons. The first kappa shape index (κ1) is 11.9. The molecule has 3 rings (SSSR count). The molecule has 4 nitrogen and oxygen atoms in total. The van der Waals surface area contributed by atoms with Crippen LogP contribution >= 0.6 is 0 Å². The molecule has 0 unspecified atom stereocenters. The van der Waals surface area contributed by atoms with E-state index in [1.807, 2.05) is 6.07 Å². The summed E-state index contributed by atoms with van der Waals surface area (Å²) in [5.41, 5.74) is 1.30. The highest BCUT2D eigenvalue weighted by Gasteiger charge is 2.24. The molecule has 1 atom stereocenters. The van der Waals surface area contributed by atoms with Crippen molar-refractivity contribution in [2.45, 2.75) is 25.3 Å². The van der Waals surface area contributed by atoms with Crippen LogP contribution in [0.3, 0.4) is 0 Å². The summed E-state index contributed by atoms with van der Waals surface area (Å²) in [6, 6.07) is 4.45. The third-order valence-electron chi connectivity index (χ3n) is 3.35. The Balaban J connectivity index is 1.78. The van der Waals surface area contributed by atoms with Crippen LogP contribution in [0.5, 0.6) is 0 Å². The number of halogens is 1. The summed E-state index contributed by atoms with van der Waals surface area (Å²) in [7, 11) is 0. The standard InChI is InChI=1S/C14H13FN2O2/c15-13-8-9(4-6-16-13)14(18)17-11-2-1-3-12-10(11)5-7-19-12/h4-8,11H,1-3H2,(H,17,18)/t11-/m0/s1. The number of carbonyl (C=O) groups is 1. The van der Waals surface area contributed by atoms with Crippen molar-refractivity contribution in [2.75, 3.05) is 0 Å². The number of hydrogen-bond acceptors (Lipinski definition) is 3. The maximum atomic E-state index is 13.0. The van der Waals surface area contributed by atoms with E-state index in [1.165, 1.54) is 12.3 Å². The smallest absolute Gasteiger partial charge is 0.251 e. The van der Waals surface area contributed by atoms with Crippen LogP contribution < -0.4 is 5.32 Å². The number of aryl methyl sites for hydroxylation is 1. The van der Waals surface area contributed by atoms with Crippen molar-refractivity contribution in [2.24, 2.45) is 0 Å². The molecule has 0 aromatic carbocycles. The number of aromatic nitrogens is 1. The molecule has 1 amide bonds. The van der Waals surface area contributed by atoms with E-state index in [0.717, 1.165) is 36.7 Å². The molecule has 1 aliphatic carbocycles. The maximum Gasteiger partial charge on any atom is 0.251 e. The second-order valence-electron chi connectivity index (χ2n) is 4.58. The van der Waals surface area contributed by atoms with Crippen LogP contribution in [-0.2, 0) is 6.42 Å². The number of nitrogens with zero attached hydrogens (tertiary/aromatic N) is 1. The normalized spacial score (nSPS) is 17.8. The lowest BCUT2D eigenvalue weighted by Gasteiger charge is -2.22. The number of amides is 1. The van der Waals surface area contributed by atoms with E-state index in [0.29, 0.717) is 0 Å². The molecule has 1 N–H and O–H groups in total. The van der Waals surface area contributed by atoms with Crippen LogP contribution in [0.2, 0.25) is 0 Å². The monoisotopic (exact) mass is 260 g/mol. The molecule has 2 aromatic heterocycles. The lowest BCUT2D eigenvalue weighted by atomic mass is 9.93. The first-order valence-electron chi connectivity index (χ1n) is 6.23. The van der Waals surface area contributed by atoms with Gasteiger partial charge < -0.3 is 9.73 Å². The predicted octanol–water partition coefficient (Wildman–Crippen LogP) is 2.62. The minimum atomic E-state index is -0.653. The Hall–Kier alpha value is -2.17. The molecular weight excluding hydrogens is 247 g/mol. The van der Waals surface area contributed by atoms with Crippen molar-refractivity contribution >= 4 is 5.91 Å². The molecule has 2 aromatic rings. The second-order valence-corrected chi connectivity index (χ2v) is 4.58. The fourth-order valence-corrected chi connectivity index (χ4v) is 2.42. The average Bonchev–Trinajstić information content (AvgIpc) is 2.88. The van der Waals surface area contributed by atoms with Crippen molar-refractivity contribution in [3.8, 4) is 0 Å². The van der Waals surface area contributed by atoms with Crippen molar-refractivity contribution in [1.29, 1.82) is 0 Å². The van der Waals surface area contributed by atoms with E-state index >= 15 is 0 Å². The molecule has 0 saturated carbocycles. The molecule has 0 spiro atoms. The summed E-state index contributed by atoms with van der Waals surface area (Å²) in [6.07, 6.45) is 5.66. The van der Waals surface area contributed by atoms with Crippen LogP contribution in [0.25, 0.3) is 0 Å². The van der Waals surface area contributed by atoms with Crippen molar-refractivity contribution in [3.63, 3.8) is 0 Å². The number of carbonyl (C=O) groups excluding carboxylic acids is 1. The quantitative estimate of drug-likeness (QED) is 0.844. The van der Waals surface area contributed by atoms with Crippen molar-refractivity contribution in [1.82, 2.24) is 10.3 Å². The van der Waals surface area contributed by atoms with E-state index in [2.05, 4.69) is 10.3 Å². The van der Waals surface area contributed by atoms with Gasteiger partial charge in [-0.2, -0.15) is 4.39 Å². The number of furan rings is 1. The topological polar surface area (TPSA) is 55.1 Å². The summed E-state index contributed by atoms with van der Waals surface area (Å²) in [5.74, 6) is -0.0156. The van der Waals surface area contributed by atoms with Gasteiger partial charge >= 0.3 is 0 Å². The van der Waals surface area contributed by atoms with Gasteiger partial charge in [0.2, 0.25) is 5.95 Å². The lowest BCUT2D eigenvalue weighted by molar-refractivity contribution is 0.0931. The second kappa shape index (κ2) is 4.84. The Morgan fingerprint density at radius 2 is 2.37 bits per heavy atom. The summed E-state index contributed by atoms with van der Waals surface area (Å²) >= 11 is 0. The molecule has 0 bridgehead atoms. The van der Waals surface area contributed by atoms with E-state index in [1.54, 1.807) is 6.26 Å². The Bertz CT molecular complexity index is 609. The van der Waals surface area contributed by atoms with E-state index in [-0.39, 0.29) is 17.5 Å². The minimum Gasteiger partial charge on any atom is -0.469 e. The minimum absolute atomic E-state index is 0.0637. The highest BCUT2D eigenvalue weighted by atomic mass is 19.1. The molecule has 0 saturated heterocycles. The van der Waals surface area contributed by atoms with E-state index in [4.69, 9.17) is 4.42 Å². The Morgan fingerprint density at radius 1 is 1.47 bits per heavy atom. The molecular formula is C14H13FN2O2. The largest absolute Gasteiger partial charge is 0.469 e. The van der Waals surface area contributed by atoms with Gasteiger partial charge in [-0.25, -0.2) is 4.98 Å². The number of pyridine rings is 1. The van der Waals surface area contributed by atoms with E-state index in [9.17, 15) is 9.18 Å². The van der Waals surface area contributed by atoms with E-state index < -0.39 is 5.95 Å². The summed E-state index contributed by atoms with van der Waals surface area (Å²) in [4.78, 5) is 15.5. The van der Waals surface area contributed by atoms with Crippen LogP contribution in [-0.4, -0.2) is 10.9 Å². The van der Waals surface area contributed by atoms with Gasteiger partial charge in [0.15, 0.2) is 0 Å². The number of hydrogen-bond donors (Lipinski definition) is 1. The molecule has 5 heteroatoms. The van der Waals surface area contributed by atoms with Gasteiger partial charge in [-0.3, -0.25) is 4.79 Å². The molecule has 0 aliphatic heterocycles. The Morgan fingerprint density at radius 3 is 3.21 bits per heavy atom. The van der Waals surface area contributed by atoms with Crippen molar-refractivity contribution < 1.29 is 13.6 Å². The fourth-order valence-electron chi connectivity index (χ4n) is 2.42. The number of nitrogens with one attached hydrogen (secondary N) is 1. The Kier molecular flexibility index (Phi) is 3.03. The fraction of sp³-hybridized carbons (Fsp3) is 0.286. The molecule has 1 aliphatic rings. The molecule has 2 heterocycles. The van der Waals surface area contributed by atoms with Crippen LogP contribution in [0, 0.1) is 5.95 Å². The summed E-state index contributed by atoms with van der Waals surface area (Å²) < 4.78 is 18.4.